The zero-order chi connectivity index (χ0) is 14.3. The molecule has 1 spiro atoms. The summed E-state index contributed by atoms with van der Waals surface area (Å²) in [5.74, 6) is 0.434. The van der Waals surface area contributed by atoms with Gasteiger partial charge in [-0.25, -0.2) is 11.5 Å². The molecule has 6 nitrogen and oxygen atoms in total. The Morgan fingerprint density at radius 3 is 3.10 bits per heavy atom. The number of nitrogens with one attached hydrogen (secondary N) is 1. The van der Waals surface area contributed by atoms with Crippen molar-refractivity contribution in [3.63, 3.8) is 0 Å². The monoisotopic (exact) mass is 272 g/mol. The van der Waals surface area contributed by atoms with Crippen LogP contribution in [0.15, 0.2) is 18.5 Å². The van der Waals surface area contributed by atoms with Crippen LogP contribution in [0.25, 0.3) is 4.85 Å². The highest BCUT2D eigenvalue weighted by molar-refractivity contribution is 6.01. The minimum Gasteiger partial charge on any atom is -0.473 e. The maximum atomic E-state index is 12.4. The van der Waals surface area contributed by atoms with Crippen LogP contribution < -0.4 is 10.1 Å². The van der Waals surface area contributed by atoms with Gasteiger partial charge in [0.25, 0.3) is 12.1 Å². The molecule has 1 aromatic heterocycles. The first-order valence-corrected chi connectivity index (χ1v) is 6.62. The molecule has 3 heterocycles. The standard InChI is InChI=1S/C14H16N4O2/c1-9(2)18-8-14(6-12(18)15-3)13(19)17-10-7-16-5-4-11(10)20-14/h4-5,7,9,12H,6,8H2,1-2H3,(H,17,19)/t12-,14+/m0/s1. The van der Waals surface area contributed by atoms with Crippen LogP contribution in [0.1, 0.15) is 20.3 Å². The average Bonchev–Trinajstić information content (AvgIpc) is 2.80. The molecule has 1 fully saturated rings. The molecule has 1 saturated heterocycles. The first-order chi connectivity index (χ1) is 9.55. The lowest BCUT2D eigenvalue weighted by molar-refractivity contribution is -0.131. The van der Waals surface area contributed by atoms with Crippen molar-refractivity contribution in [3.05, 3.63) is 29.9 Å². The van der Waals surface area contributed by atoms with E-state index < -0.39 is 5.60 Å². The third-order valence-electron chi connectivity index (χ3n) is 3.89. The fourth-order valence-corrected chi connectivity index (χ4v) is 2.82. The molecule has 0 bridgehead atoms. The molecule has 2 aliphatic heterocycles. The molecule has 0 radical (unpaired) electrons. The molecule has 6 heteroatoms. The Kier molecular flexibility index (Phi) is 2.87. The molecule has 20 heavy (non-hydrogen) atoms. The van der Waals surface area contributed by atoms with Crippen LogP contribution in [0.3, 0.4) is 0 Å². The number of pyridine rings is 1. The SMILES string of the molecule is [C-]#[N+][C@@H]1C[C@]2(CN1C(C)C)Oc1ccncc1NC2=O. The highest BCUT2D eigenvalue weighted by atomic mass is 16.5. The zero-order valence-corrected chi connectivity index (χ0v) is 11.5. The number of carbonyl (C=O) groups is 1. The highest BCUT2D eigenvalue weighted by Gasteiger charge is 2.57. The number of rotatable bonds is 1. The fraction of sp³-hybridized carbons (Fsp3) is 0.500. The predicted octanol–water partition coefficient (Wildman–Crippen LogP) is 1.51. The predicted molar refractivity (Wildman–Crippen MR) is 73.1 cm³/mol. The smallest absolute Gasteiger partial charge is 0.284 e. The van der Waals surface area contributed by atoms with Gasteiger partial charge >= 0.3 is 0 Å². The minimum absolute atomic E-state index is 0.185. The van der Waals surface area contributed by atoms with Gasteiger partial charge < -0.3 is 10.1 Å². The van der Waals surface area contributed by atoms with Crippen molar-refractivity contribution in [1.29, 1.82) is 0 Å². The molecule has 0 saturated carbocycles. The number of amides is 1. The largest absolute Gasteiger partial charge is 0.473 e. The summed E-state index contributed by atoms with van der Waals surface area (Å²) in [5, 5.41) is 2.84. The highest BCUT2D eigenvalue weighted by Crippen LogP contribution is 2.40. The Hall–Kier alpha value is -2.13. The van der Waals surface area contributed by atoms with Gasteiger partial charge in [0.05, 0.1) is 19.2 Å². The number of ether oxygens (including phenoxy) is 1. The van der Waals surface area contributed by atoms with Gasteiger partial charge in [-0.2, -0.15) is 0 Å². The lowest BCUT2D eigenvalue weighted by Crippen LogP contribution is -2.53. The number of likely N-dealkylation sites (tertiary alicyclic amines) is 1. The van der Waals surface area contributed by atoms with E-state index in [1.165, 1.54) is 0 Å². The second-order valence-corrected chi connectivity index (χ2v) is 5.50. The summed E-state index contributed by atoms with van der Waals surface area (Å²) < 4.78 is 5.97. The molecular formula is C14H16N4O2. The van der Waals surface area contributed by atoms with E-state index >= 15 is 0 Å². The van der Waals surface area contributed by atoms with Crippen LogP contribution in [0.2, 0.25) is 0 Å². The molecular weight excluding hydrogens is 256 g/mol. The Balaban J connectivity index is 1.95. The summed E-state index contributed by atoms with van der Waals surface area (Å²) in [6, 6.07) is 1.94. The normalized spacial score (nSPS) is 28.9. The van der Waals surface area contributed by atoms with E-state index in [2.05, 4.69) is 15.1 Å². The Labute approximate surface area is 117 Å². The molecule has 0 aromatic carbocycles. The van der Waals surface area contributed by atoms with Crippen molar-refractivity contribution in [1.82, 2.24) is 9.88 Å². The molecule has 0 aliphatic carbocycles. The van der Waals surface area contributed by atoms with Crippen molar-refractivity contribution in [3.8, 4) is 5.75 Å². The van der Waals surface area contributed by atoms with Gasteiger partial charge in [-0.1, -0.05) is 0 Å². The number of hydrogen-bond acceptors (Lipinski definition) is 4. The van der Waals surface area contributed by atoms with Gasteiger partial charge in [0.1, 0.15) is 11.4 Å². The van der Waals surface area contributed by atoms with E-state index in [9.17, 15) is 4.79 Å². The molecule has 1 amide bonds. The summed E-state index contributed by atoms with van der Waals surface area (Å²) in [6.07, 6.45) is 3.28. The Morgan fingerprint density at radius 2 is 2.45 bits per heavy atom. The average molecular weight is 272 g/mol. The second kappa shape index (κ2) is 4.46. The van der Waals surface area contributed by atoms with E-state index in [0.29, 0.717) is 24.4 Å². The molecule has 2 atom stereocenters. The van der Waals surface area contributed by atoms with E-state index in [1.807, 2.05) is 18.7 Å². The van der Waals surface area contributed by atoms with Gasteiger partial charge in [0, 0.05) is 18.3 Å². The fourth-order valence-electron chi connectivity index (χ4n) is 2.82. The van der Waals surface area contributed by atoms with Crippen molar-refractivity contribution in [2.24, 2.45) is 0 Å². The minimum atomic E-state index is -0.964. The first kappa shape index (κ1) is 12.9. The lowest BCUT2D eigenvalue weighted by atomic mass is 9.99. The summed E-state index contributed by atoms with van der Waals surface area (Å²) in [6.45, 7) is 11.8. The molecule has 2 aliphatic rings. The van der Waals surface area contributed by atoms with E-state index in [-0.39, 0.29) is 18.1 Å². The quantitative estimate of drug-likeness (QED) is 0.787. The molecule has 104 valence electrons. The van der Waals surface area contributed by atoms with E-state index in [1.54, 1.807) is 18.5 Å². The first-order valence-electron chi connectivity index (χ1n) is 6.62. The van der Waals surface area contributed by atoms with Gasteiger partial charge in [0.15, 0.2) is 0 Å². The molecule has 0 unspecified atom stereocenters. The topological polar surface area (TPSA) is 58.8 Å². The third kappa shape index (κ3) is 1.82. The third-order valence-corrected chi connectivity index (χ3v) is 3.89. The molecule has 1 aromatic rings. The van der Waals surface area contributed by atoms with Crippen molar-refractivity contribution >= 4 is 11.6 Å². The maximum Gasteiger partial charge on any atom is 0.284 e. The van der Waals surface area contributed by atoms with Crippen LogP contribution in [0.5, 0.6) is 5.75 Å². The van der Waals surface area contributed by atoms with Crippen LogP contribution in [0, 0.1) is 6.57 Å². The van der Waals surface area contributed by atoms with Crippen molar-refractivity contribution in [2.75, 3.05) is 11.9 Å². The van der Waals surface area contributed by atoms with Gasteiger partial charge in [-0.05, 0) is 13.8 Å². The molecule has 1 N–H and O–H groups in total. The van der Waals surface area contributed by atoms with Crippen LogP contribution in [0.4, 0.5) is 5.69 Å². The summed E-state index contributed by atoms with van der Waals surface area (Å²) in [4.78, 5) is 22.0. The van der Waals surface area contributed by atoms with E-state index in [0.717, 1.165) is 0 Å². The zero-order valence-electron chi connectivity index (χ0n) is 11.5. The Morgan fingerprint density at radius 1 is 1.65 bits per heavy atom. The van der Waals surface area contributed by atoms with E-state index in [4.69, 9.17) is 11.3 Å². The number of anilines is 1. The number of fused-ring (bicyclic) bond motifs is 1. The van der Waals surface area contributed by atoms with Crippen LogP contribution in [-0.4, -0.2) is 40.1 Å². The van der Waals surface area contributed by atoms with Crippen LogP contribution >= 0.6 is 0 Å². The van der Waals surface area contributed by atoms with Crippen molar-refractivity contribution in [2.45, 2.75) is 38.1 Å². The number of carbonyl (C=O) groups excluding carboxylic acids is 1. The van der Waals surface area contributed by atoms with Gasteiger partial charge in [-0.3, -0.25) is 14.6 Å². The van der Waals surface area contributed by atoms with Gasteiger partial charge in [0.2, 0.25) is 5.60 Å². The van der Waals surface area contributed by atoms with Crippen molar-refractivity contribution < 1.29 is 9.53 Å². The maximum absolute atomic E-state index is 12.4. The number of nitrogens with zero attached hydrogens (tertiary/aromatic N) is 3. The molecule has 3 rings (SSSR count). The summed E-state index contributed by atoms with van der Waals surface area (Å²) >= 11 is 0. The summed E-state index contributed by atoms with van der Waals surface area (Å²) in [5.41, 5.74) is -0.376. The van der Waals surface area contributed by atoms with Crippen LogP contribution in [-0.2, 0) is 4.79 Å². The van der Waals surface area contributed by atoms with Gasteiger partial charge in [-0.15, -0.1) is 0 Å². The lowest BCUT2D eigenvalue weighted by Gasteiger charge is -2.33. The number of aromatic nitrogens is 1. The summed E-state index contributed by atoms with van der Waals surface area (Å²) in [7, 11) is 0. The Bertz CT molecular complexity index is 595. The second-order valence-electron chi connectivity index (χ2n) is 5.50. The number of hydrogen-bond donors (Lipinski definition) is 1.